The number of para-hydroxylation sites is 1. The molecular formula is C30H32N2O6. The molecule has 1 heterocycles. The van der Waals surface area contributed by atoms with E-state index in [4.69, 9.17) is 14.3 Å². The maximum absolute atomic E-state index is 12.0. The number of aromatic nitrogens is 1. The molecule has 4 rings (SSSR count). The number of aliphatic hydroxyl groups excluding tert-OH is 1. The van der Waals surface area contributed by atoms with E-state index in [9.17, 15) is 14.7 Å². The van der Waals surface area contributed by atoms with Crippen LogP contribution in [0.4, 0.5) is 5.69 Å². The van der Waals surface area contributed by atoms with Crippen LogP contribution >= 0.6 is 0 Å². The number of anilines is 1. The standard InChI is InChI=1S/C18H19NO4.C12H13NO2/c1-12(20)15-5-3-4-6-16(15)19-17(18(22)23-2)11-13-7-9-14(21)10-8-13;1-9-11(7-8-14)13-12(15-9)10-5-3-2-4-6-10/h3-10,17,19,21H,11H2,1-2H3;2-6,14H,7-8H2,1H3. The molecule has 0 bridgehead atoms. The third kappa shape index (κ3) is 7.78. The van der Waals surface area contributed by atoms with Crippen LogP contribution in [-0.2, 0) is 22.4 Å². The molecule has 198 valence electrons. The Morgan fingerprint density at radius 3 is 2.29 bits per heavy atom. The van der Waals surface area contributed by atoms with Crippen molar-refractivity contribution in [2.75, 3.05) is 19.0 Å². The highest BCUT2D eigenvalue weighted by Gasteiger charge is 2.21. The Hall–Kier alpha value is -4.43. The zero-order chi connectivity index (χ0) is 27.5. The molecule has 0 aliphatic heterocycles. The Balaban J connectivity index is 0.000000230. The molecule has 3 N–H and O–H groups in total. The van der Waals surface area contributed by atoms with Gasteiger partial charge in [-0.05, 0) is 55.8 Å². The van der Waals surface area contributed by atoms with Gasteiger partial charge in [0.1, 0.15) is 17.6 Å². The SMILES string of the molecule is COC(=O)C(Cc1ccc(O)cc1)Nc1ccccc1C(C)=O.Cc1oc(-c2ccccc2)nc1CCO. The Morgan fingerprint density at radius 2 is 1.66 bits per heavy atom. The highest BCUT2D eigenvalue weighted by atomic mass is 16.5. The molecule has 8 heteroatoms. The van der Waals surface area contributed by atoms with Gasteiger partial charge < -0.3 is 24.7 Å². The van der Waals surface area contributed by atoms with Crippen LogP contribution in [0.15, 0.2) is 83.3 Å². The predicted molar refractivity (Wildman–Crippen MR) is 145 cm³/mol. The van der Waals surface area contributed by atoms with Crippen LogP contribution in [0.1, 0.15) is 34.3 Å². The Morgan fingerprint density at radius 1 is 1.00 bits per heavy atom. The van der Waals surface area contributed by atoms with Crippen LogP contribution in [0.2, 0.25) is 0 Å². The highest BCUT2D eigenvalue weighted by molar-refractivity contribution is 6.00. The van der Waals surface area contributed by atoms with E-state index < -0.39 is 12.0 Å². The lowest BCUT2D eigenvalue weighted by Gasteiger charge is -2.19. The topological polar surface area (TPSA) is 122 Å². The minimum absolute atomic E-state index is 0.0821. The second kappa shape index (κ2) is 13.8. The van der Waals surface area contributed by atoms with Crippen molar-refractivity contribution in [2.24, 2.45) is 0 Å². The van der Waals surface area contributed by atoms with Gasteiger partial charge in [0.25, 0.3) is 0 Å². The number of aliphatic hydroxyl groups is 1. The highest BCUT2D eigenvalue weighted by Crippen LogP contribution is 2.22. The Kier molecular flexibility index (Phi) is 10.2. The molecule has 4 aromatic rings. The van der Waals surface area contributed by atoms with Gasteiger partial charge in [0.2, 0.25) is 5.89 Å². The van der Waals surface area contributed by atoms with Gasteiger partial charge in [-0.15, -0.1) is 0 Å². The van der Waals surface area contributed by atoms with Gasteiger partial charge in [-0.1, -0.05) is 42.5 Å². The largest absolute Gasteiger partial charge is 0.508 e. The minimum atomic E-state index is -0.634. The molecule has 1 unspecified atom stereocenters. The summed E-state index contributed by atoms with van der Waals surface area (Å²) < 4.78 is 10.4. The number of nitrogens with one attached hydrogen (secondary N) is 1. The lowest BCUT2D eigenvalue weighted by molar-refractivity contribution is -0.141. The van der Waals surface area contributed by atoms with E-state index in [2.05, 4.69) is 10.3 Å². The van der Waals surface area contributed by atoms with Crippen LogP contribution in [0.25, 0.3) is 11.5 Å². The molecule has 0 aliphatic rings. The zero-order valence-electron chi connectivity index (χ0n) is 21.7. The van der Waals surface area contributed by atoms with E-state index in [0.717, 1.165) is 22.6 Å². The number of carbonyl (C=O) groups is 2. The zero-order valence-corrected chi connectivity index (χ0v) is 21.7. The third-order valence-corrected chi connectivity index (χ3v) is 5.76. The van der Waals surface area contributed by atoms with Crippen LogP contribution in [0.5, 0.6) is 5.75 Å². The minimum Gasteiger partial charge on any atom is -0.508 e. The lowest BCUT2D eigenvalue weighted by atomic mass is 10.0. The second-order valence-electron chi connectivity index (χ2n) is 8.55. The van der Waals surface area contributed by atoms with Gasteiger partial charge in [-0.25, -0.2) is 9.78 Å². The normalized spacial score (nSPS) is 11.2. The average molecular weight is 517 g/mol. The number of esters is 1. The van der Waals surface area contributed by atoms with Crippen molar-refractivity contribution >= 4 is 17.4 Å². The summed E-state index contributed by atoms with van der Waals surface area (Å²) in [5.74, 6) is 1.07. The molecule has 3 aromatic carbocycles. The first-order valence-electron chi connectivity index (χ1n) is 12.2. The molecule has 0 amide bonds. The number of phenolic OH excluding ortho intramolecular Hbond substituents is 1. The van der Waals surface area contributed by atoms with E-state index in [1.54, 1.807) is 48.5 Å². The smallest absolute Gasteiger partial charge is 0.328 e. The molecule has 1 atom stereocenters. The molecule has 0 saturated carbocycles. The number of phenols is 1. The summed E-state index contributed by atoms with van der Waals surface area (Å²) in [6.45, 7) is 3.44. The molecule has 0 aliphatic carbocycles. The van der Waals surface area contributed by atoms with Crippen molar-refractivity contribution in [1.29, 1.82) is 0 Å². The molecule has 1 aromatic heterocycles. The number of benzene rings is 3. The number of rotatable bonds is 9. The number of Topliss-reactive ketones (excluding diaryl/α,β-unsaturated/α-hetero) is 1. The van der Waals surface area contributed by atoms with Crippen LogP contribution in [-0.4, -0.2) is 46.7 Å². The number of aryl methyl sites for hydroxylation is 1. The Labute approximate surface area is 221 Å². The van der Waals surface area contributed by atoms with Gasteiger partial charge in [-0.3, -0.25) is 4.79 Å². The summed E-state index contributed by atoms with van der Waals surface area (Å²) in [6, 6.07) is 22.7. The molecular weight excluding hydrogens is 484 g/mol. The molecule has 38 heavy (non-hydrogen) atoms. The van der Waals surface area contributed by atoms with Gasteiger partial charge in [0.05, 0.1) is 12.8 Å². The lowest BCUT2D eigenvalue weighted by Crippen LogP contribution is -2.33. The van der Waals surface area contributed by atoms with Crippen molar-refractivity contribution < 1.29 is 29.0 Å². The second-order valence-corrected chi connectivity index (χ2v) is 8.55. The first-order valence-corrected chi connectivity index (χ1v) is 12.2. The fraction of sp³-hybridized carbons (Fsp3) is 0.233. The van der Waals surface area contributed by atoms with Crippen molar-refractivity contribution in [3.63, 3.8) is 0 Å². The first-order chi connectivity index (χ1) is 18.3. The number of methoxy groups -OCH3 is 1. The van der Waals surface area contributed by atoms with Crippen LogP contribution in [0.3, 0.4) is 0 Å². The molecule has 8 nitrogen and oxygen atoms in total. The maximum atomic E-state index is 12.0. The summed E-state index contributed by atoms with van der Waals surface area (Å²) in [6.07, 6.45) is 0.918. The summed E-state index contributed by atoms with van der Waals surface area (Å²) >= 11 is 0. The van der Waals surface area contributed by atoms with E-state index >= 15 is 0 Å². The predicted octanol–water partition coefficient (Wildman–Crippen LogP) is 4.98. The number of nitrogens with zero attached hydrogens (tertiary/aromatic N) is 1. The summed E-state index contributed by atoms with van der Waals surface area (Å²) in [7, 11) is 1.32. The third-order valence-electron chi connectivity index (χ3n) is 5.76. The van der Waals surface area contributed by atoms with E-state index in [0.29, 0.717) is 30.0 Å². The fourth-order valence-corrected chi connectivity index (χ4v) is 3.78. The number of hydrogen-bond acceptors (Lipinski definition) is 8. The Bertz CT molecular complexity index is 1330. The number of carbonyl (C=O) groups excluding carboxylic acids is 2. The van der Waals surface area contributed by atoms with Gasteiger partial charge in [-0.2, -0.15) is 0 Å². The monoisotopic (exact) mass is 516 g/mol. The summed E-state index contributed by atoms with van der Waals surface area (Å²) in [4.78, 5) is 28.1. The first kappa shape index (κ1) is 28.1. The molecule has 0 spiro atoms. The summed E-state index contributed by atoms with van der Waals surface area (Å²) in [5.41, 5.74) is 3.77. The number of ketones is 1. The van der Waals surface area contributed by atoms with Gasteiger partial charge in [0.15, 0.2) is 5.78 Å². The summed E-state index contributed by atoms with van der Waals surface area (Å²) in [5, 5.41) is 21.3. The molecule has 0 fully saturated rings. The fourth-order valence-electron chi connectivity index (χ4n) is 3.78. The van der Waals surface area contributed by atoms with Crippen LogP contribution < -0.4 is 5.32 Å². The quantitative estimate of drug-likeness (QED) is 0.210. The maximum Gasteiger partial charge on any atom is 0.328 e. The molecule has 0 saturated heterocycles. The van der Waals surface area contributed by atoms with Gasteiger partial charge in [0, 0.05) is 36.3 Å². The van der Waals surface area contributed by atoms with Crippen LogP contribution in [0, 0.1) is 6.92 Å². The van der Waals surface area contributed by atoms with E-state index in [1.807, 2.05) is 37.3 Å². The van der Waals surface area contributed by atoms with Crippen molar-refractivity contribution in [2.45, 2.75) is 32.7 Å². The number of ether oxygens (including phenoxy) is 1. The molecule has 0 radical (unpaired) electrons. The number of oxazole rings is 1. The van der Waals surface area contributed by atoms with E-state index in [-0.39, 0.29) is 18.1 Å². The average Bonchev–Trinajstić information content (AvgIpc) is 3.30. The van der Waals surface area contributed by atoms with Crippen molar-refractivity contribution in [3.8, 4) is 17.2 Å². The van der Waals surface area contributed by atoms with Crippen molar-refractivity contribution in [1.82, 2.24) is 4.98 Å². The van der Waals surface area contributed by atoms with Crippen molar-refractivity contribution in [3.05, 3.63) is 101 Å². The van der Waals surface area contributed by atoms with E-state index in [1.165, 1.54) is 14.0 Å². The number of hydrogen-bond donors (Lipinski definition) is 3. The number of aromatic hydroxyl groups is 1. The van der Waals surface area contributed by atoms with Gasteiger partial charge >= 0.3 is 5.97 Å².